The Morgan fingerprint density at radius 2 is 1.54 bits per heavy atom. The largest absolute Gasteiger partial charge is 0.399 e. The molecule has 0 saturated heterocycles. The van der Waals surface area contributed by atoms with Gasteiger partial charge in [-0.05, 0) is 0 Å². The molecule has 0 atom stereocenters. The number of hydrogen-bond acceptors (Lipinski definition) is 5. The number of nitrogens with two attached hydrogens (primary N) is 2. The van der Waals surface area contributed by atoms with Crippen molar-refractivity contribution in [3.63, 3.8) is 0 Å². The maximum atomic E-state index is 5.47. The van der Waals surface area contributed by atoms with E-state index in [2.05, 4.69) is 4.90 Å². The van der Waals surface area contributed by atoms with E-state index >= 15 is 0 Å². The molecule has 5 nitrogen and oxygen atoms in total. The Balaban J connectivity index is 3.76. The normalized spacial score (nSPS) is 11.5. The first kappa shape index (κ1) is 13.0. The van der Waals surface area contributed by atoms with E-state index in [1.54, 1.807) is 14.2 Å². The van der Waals surface area contributed by atoms with Crippen LogP contribution >= 0.6 is 0 Å². The van der Waals surface area contributed by atoms with Gasteiger partial charge in [0.15, 0.2) is 0 Å². The molecule has 0 aromatic carbocycles. The second kappa shape index (κ2) is 8.61. The standard InChI is InChI=1S/C7H21N3O2Si/c1-11-13(12-2)7-10(5-3-8)6-4-9/h13H,3-9H2,1-2H3. The third-order valence-electron chi connectivity index (χ3n) is 1.82. The minimum absolute atomic E-state index is 0.647. The van der Waals surface area contributed by atoms with Gasteiger partial charge in [-0.15, -0.1) is 0 Å². The van der Waals surface area contributed by atoms with Crippen LogP contribution in [-0.2, 0) is 8.85 Å². The third kappa shape index (κ3) is 6.14. The highest BCUT2D eigenvalue weighted by atomic mass is 28.3. The van der Waals surface area contributed by atoms with Crippen LogP contribution in [0.4, 0.5) is 0 Å². The van der Waals surface area contributed by atoms with Crippen molar-refractivity contribution in [2.24, 2.45) is 11.5 Å². The van der Waals surface area contributed by atoms with Gasteiger partial charge in [-0.2, -0.15) is 0 Å². The first-order valence-electron chi connectivity index (χ1n) is 4.46. The topological polar surface area (TPSA) is 73.7 Å². The van der Waals surface area contributed by atoms with Gasteiger partial charge in [-0.1, -0.05) is 0 Å². The van der Waals surface area contributed by atoms with Crippen molar-refractivity contribution in [2.75, 3.05) is 46.6 Å². The van der Waals surface area contributed by atoms with Crippen LogP contribution < -0.4 is 11.5 Å². The number of rotatable bonds is 8. The molecule has 0 bridgehead atoms. The SMILES string of the molecule is CO[SiH](CN(CCN)CCN)OC. The van der Waals surface area contributed by atoms with Crippen molar-refractivity contribution in [2.45, 2.75) is 0 Å². The van der Waals surface area contributed by atoms with Crippen molar-refractivity contribution >= 4 is 9.28 Å². The fourth-order valence-corrected chi connectivity index (χ4v) is 2.39. The lowest BCUT2D eigenvalue weighted by atomic mass is 10.5. The van der Waals surface area contributed by atoms with E-state index in [4.69, 9.17) is 20.3 Å². The molecule has 0 rings (SSSR count). The molecule has 6 heteroatoms. The van der Waals surface area contributed by atoms with E-state index in [9.17, 15) is 0 Å². The number of nitrogens with zero attached hydrogens (tertiary/aromatic N) is 1. The molecular weight excluding hydrogens is 186 g/mol. The summed E-state index contributed by atoms with van der Waals surface area (Å²) in [5, 5.41) is 0. The third-order valence-corrected chi connectivity index (χ3v) is 3.69. The van der Waals surface area contributed by atoms with Crippen LogP contribution in [0.5, 0.6) is 0 Å². The van der Waals surface area contributed by atoms with Gasteiger partial charge in [0.05, 0.1) is 0 Å². The fourth-order valence-electron chi connectivity index (χ4n) is 1.12. The van der Waals surface area contributed by atoms with Gasteiger partial charge in [-0.25, -0.2) is 0 Å². The molecule has 0 aliphatic carbocycles. The Labute approximate surface area is 81.8 Å². The summed E-state index contributed by atoms with van der Waals surface area (Å²) in [5.41, 5.74) is 10.9. The smallest absolute Gasteiger partial charge is 0.335 e. The van der Waals surface area contributed by atoms with Crippen molar-refractivity contribution in [3.05, 3.63) is 0 Å². The molecule has 0 amide bonds. The summed E-state index contributed by atoms with van der Waals surface area (Å²) in [4.78, 5) is 2.18. The van der Waals surface area contributed by atoms with Crippen molar-refractivity contribution in [3.8, 4) is 0 Å². The van der Waals surface area contributed by atoms with Crippen LogP contribution in [0.1, 0.15) is 0 Å². The highest BCUT2D eigenvalue weighted by Crippen LogP contribution is 1.92. The van der Waals surface area contributed by atoms with Gasteiger partial charge in [0.1, 0.15) is 0 Å². The fraction of sp³-hybridized carbons (Fsp3) is 1.00. The molecule has 0 aromatic heterocycles. The molecule has 0 aliphatic rings. The number of hydrogen-bond donors (Lipinski definition) is 2. The van der Waals surface area contributed by atoms with E-state index in [0.717, 1.165) is 19.3 Å². The second-order valence-electron chi connectivity index (χ2n) is 2.78. The molecule has 13 heavy (non-hydrogen) atoms. The second-order valence-corrected chi connectivity index (χ2v) is 4.95. The van der Waals surface area contributed by atoms with Crippen molar-refractivity contribution < 1.29 is 8.85 Å². The molecule has 0 aromatic rings. The van der Waals surface area contributed by atoms with E-state index in [0.29, 0.717) is 13.1 Å². The molecule has 0 spiro atoms. The van der Waals surface area contributed by atoms with Crippen LogP contribution in [0, 0.1) is 0 Å². The average Bonchev–Trinajstić information content (AvgIpc) is 2.14. The van der Waals surface area contributed by atoms with Crippen LogP contribution in [0.25, 0.3) is 0 Å². The quantitative estimate of drug-likeness (QED) is 0.462. The maximum Gasteiger partial charge on any atom is 0.335 e. The van der Waals surface area contributed by atoms with Crippen molar-refractivity contribution in [1.29, 1.82) is 0 Å². The molecule has 0 fully saturated rings. The molecule has 0 heterocycles. The lowest BCUT2D eigenvalue weighted by Gasteiger charge is -2.23. The van der Waals surface area contributed by atoms with Gasteiger partial charge < -0.3 is 20.3 Å². The summed E-state index contributed by atoms with van der Waals surface area (Å²) in [7, 11) is 1.87. The Morgan fingerprint density at radius 3 is 1.85 bits per heavy atom. The molecule has 4 N–H and O–H groups in total. The van der Waals surface area contributed by atoms with Gasteiger partial charge >= 0.3 is 9.28 Å². The van der Waals surface area contributed by atoms with E-state index in [-0.39, 0.29) is 0 Å². The zero-order valence-electron chi connectivity index (χ0n) is 8.53. The summed E-state index contributed by atoms with van der Waals surface area (Å²) < 4.78 is 10.4. The van der Waals surface area contributed by atoms with Crippen LogP contribution in [0.15, 0.2) is 0 Å². The summed E-state index contributed by atoms with van der Waals surface area (Å²) in [6.45, 7) is 3.00. The summed E-state index contributed by atoms with van der Waals surface area (Å²) in [6.07, 6.45) is 0.849. The lowest BCUT2D eigenvalue weighted by molar-refractivity contribution is 0.235. The first-order chi connectivity index (χ1) is 6.28. The summed E-state index contributed by atoms with van der Waals surface area (Å²) >= 11 is 0. The average molecular weight is 207 g/mol. The van der Waals surface area contributed by atoms with E-state index in [1.165, 1.54) is 0 Å². The Morgan fingerprint density at radius 1 is 1.08 bits per heavy atom. The summed E-state index contributed by atoms with van der Waals surface area (Å²) in [5.74, 6) is 0. The van der Waals surface area contributed by atoms with Gasteiger partial charge in [0, 0.05) is 46.6 Å². The lowest BCUT2D eigenvalue weighted by Crippen LogP contribution is -2.42. The Bertz CT molecular complexity index is 108. The van der Waals surface area contributed by atoms with Crippen LogP contribution in [-0.4, -0.2) is 60.8 Å². The summed E-state index contributed by atoms with van der Waals surface area (Å²) in [6, 6.07) is 0. The molecule has 0 radical (unpaired) electrons. The Kier molecular flexibility index (Phi) is 8.62. The minimum atomic E-state index is -1.50. The highest BCUT2D eigenvalue weighted by molar-refractivity contribution is 6.44. The van der Waals surface area contributed by atoms with E-state index < -0.39 is 9.28 Å². The molecule has 0 saturated carbocycles. The predicted octanol–water partition coefficient (Wildman–Crippen LogP) is -1.74. The Hall–Kier alpha value is 0.0169. The zero-order chi connectivity index (χ0) is 10.1. The van der Waals surface area contributed by atoms with Crippen molar-refractivity contribution in [1.82, 2.24) is 4.90 Å². The molecular formula is C7H21N3O2Si. The zero-order valence-corrected chi connectivity index (χ0v) is 9.69. The molecule has 0 unspecified atom stereocenters. The monoisotopic (exact) mass is 207 g/mol. The van der Waals surface area contributed by atoms with Gasteiger partial charge in [0.25, 0.3) is 0 Å². The molecule has 0 aliphatic heterocycles. The maximum absolute atomic E-state index is 5.47. The minimum Gasteiger partial charge on any atom is -0.399 e. The van der Waals surface area contributed by atoms with E-state index in [1.807, 2.05) is 0 Å². The van der Waals surface area contributed by atoms with Crippen LogP contribution in [0.2, 0.25) is 0 Å². The predicted molar refractivity (Wildman–Crippen MR) is 55.7 cm³/mol. The van der Waals surface area contributed by atoms with Crippen LogP contribution in [0.3, 0.4) is 0 Å². The van der Waals surface area contributed by atoms with Gasteiger partial charge in [0.2, 0.25) is 0 Å². The highest BCUT2D eigenvalue weighted by Gasteiger charge is 2.14. The van der Waals surface area contributed by atoms with Gasteiger partial charge in [-0.3, -0.25) is 4.90 Å². The first-order valence-corrected chi connectivity index (χ1v) is 6.22. The molecule has 80 valence electrons.